The van der Waals surface area contributed by atoms with Gasteiger partial charge in [0.2, 0.25) is 5.91 Å². The topological polar surface area (TPSA) is 78.4 Å². The van der Waals surface area contributed by atoms with Crippen molar-refractivity contribution < 1.29 is 14.7 Å². The summed E-state index contributed by atoms with van der Waals surface area (Å²) in [6, 6.07) is 5.26. The molecule has 3 N–H and O–H groups in total. The van der Waals surface area contributed by atoms with Crippen LogP contribution in [0.4, 0.5) is 5.69 Å². The van der Waals surface area contributed by atoms with E-state index in [0.717, 1.165) is 5.56 Å². The number of aryl methyl sites for hydroxylation is 1. The molecule has 5 nitrogen and oxygen atoms in total. The van der Waals surface area contributed by atoms with Gasteiger partial charge in [-0.2, -0.15) is 0 Å². The minimum Gasteiger partial charge on any atom is -0.478 e. The number of hydrogen-bond donors (Lipinski definition) is 3. The van der Waals surface area contributed by atoms with Crippen molar-refractivity contribution in [1.29, 1.82) is 0 Å². The molecule has 0 aliphatic heterocycles. The third-order valence-corrected chi connectivity index (χ3v) is 2.58. The van der Waals surface area contributed by atoms with Gasteiger partial charge in [-0.3, -0.25) is 4.79 Å². The van der Waals surface area contributed by atoms with Gasteiger partial charge in [0.05, 0.1) is 11.3 Å². The molecule has 1 rings (SSSR count). The average molecular weight is 264 g/mol. The van der Waals surface area contributed by atoms with Crippen molar-refractivity contribution in [2.75, 3.05) is 11.9 Å². The van der Waals surface area contributed by atoms with Crippen molar-refractivity contribution in [3.05, 3.63) is 29.3 Å². The zero-order chi connectivity index (χ0) is 14.4. The van der Waals surface area contributed by atoms with Crippen LogP contribution in [0.1, 0.15) is 36.2 Å². The fourth-order valence-electron chi connectivity index (χ4n) is 1.63. The predicted molar refractivity (Wildman–Crippen MR) is 74.5 cm³/mol. The van der Waals surface area contributed by atoms with Gasteiger partial charge >= 0.3 is 5.97 Å². The summed E-state index contributed by atoms with van der Waals surface area (Å²) >= 11 is 0. The summed E-state index contributed by atoms with van der Waals surface area (Å²) < 4.78 is 0. The fraction of sp³-hybridized carbons (Fsp3) is 0.429. The summed E-state index contributed by atoms with van der Waals surface area (Å²) in [5, 5.41) is 14.9. The highest BCUT2D eigenvalue weighted by Crippen LogP contribution is 2.17. The molecule has 104 valence electrons. The third-order valence-electron chi connectivity index (χ3n) is 2.58. The summed E-state index contributed by atoms with van der Waals surface area (Å²) in [4.78, 5) is 22.8. The smallest absolute Gasteiger partial charge is 0.337 e. The molecule has 0 fully saturated rings. The summed E-state index contributed by atoms with van der Waals surface area (Å²) in [6.07, 6.45) is 0.311. The molecule has 5 heteroatoms. The Morgan fingerprint density at radius 3 is 2.58 bits per heavy atom. The Hall–Kier alpha value is -1.88. The van der Waals surface area contributed by atoms with Gasteiger partial charge in [-0.05, 0) is 19.1 Å². The Kier molecular flexibility index (Phi) is 5.51. The monoisotopic (exact) mass is 264 g/mol. The molecule has 0 aliphatic carbocycles. The molecule has 0 unspecified atom stereocenters. The molecule has 0 spiro atoms. The lowest BCUT2D eigenvalue weighted by Crippen LogP contribution is -2.27. The fourth-order valence-corrected chi connectivity index (χ4v) is 1.63. The maximum atomic E-state index is 11.7. The van der Waals surface area contributed by atoms with Crippen LogP contribution in [0.15, 0.2) is 18.2 Å². The average Bonchev–Trinajstić information content (AvgIpc) is 2.30. The molecule has 0 saturated carbocycles. The van der Waals surface area contributed by atoms with Crippen LogP contribution in [-0.4, -0.2) is 29.6 Å². The third kappa shape index (κ3) is 5.09. The second-order valence-corrected chi connectivity index (χ2v) is 4.76. The minimum absolute atomic E-state index is 0.116. The lowest BCUT2D eigenvalue weighted by Gasteiger charge is -2.10. The van der Waals surface area contributed by atoms with E-state index in [1.54, 1.807) is 18.2 Å². The molecule has 0 saturated heterocycles. The largest absolute Gasteiger partial charge is 0.478 e. The van der Waals surface area contributed by atoms with E-state index in [0.29, 0.717) is 24.7 Å². The molecule has 1 amide bonds. The highest BCUT2D eigenvalue weighted by molar-refractivity contribution is 6.00. The van der Waals surface area contributed by atoms with Crippen molar-refractivity contribution in [2.45, 2.75) is 33.2 Å². The summed E-state index contributed by atoms with van der Waals surface area (Å²) in [6.45, 7) is 6.38. The predicted octanol–water partition coefficient (Wildman–Crippen LogP) is 2.02. The maximum absolute atomic E-state index is 11.7. The summed E-state index contributed by atoms with van der Waals surface area (Å²) in [5.41, 5.74) is 1.30. The number of aromatic carboxylic acids is 1. The van der Waals surface area contributed by atoms with Crippen LogP contribution in [-0.2, 0) is 4.79 Å². The van der Waals surface area contributed by atoms with Crippen molar-refractivity contribution in [1.82, 2.24) is 5.32 Å². The summed E-state index contributed by atoms with van der Waals surface area (Å²) in [5.74, 6) is -1.24. The Morgan fingerprint density at radius 1 is 1.32 bits per heavy atom. The van der Waals surface area contributed by atoms with Crippen LogP contribution >= 0.6 is 0 Å². The molecule has 0 aliphatic rings. The zero-order valence-electron chi connectivity index (χ0n) is 11.5. The van der Waals surface area contributed by atoms with Crippen molar-refractivity contribution >= 4 is 17.6 Å². The van der Waals surface area contributed by atoms with Gasteiger partial charge in [-0.15, -0.1) is 0 Å². The van der Waals surface area contributed by atoms with Gasteiger partial charge in [0.15, 0.2) is 0 Å². The Morgan fingerprint density at radius 2 is 2.00 bits per heavy atom. The van der Waals surface area contributed by atoms with Gasteiger partial charge in [-0.1, -0.05) is 25.5 Å². The second kappa shape index (κ2) is 6.89. The number of amides is 1. The number of anilines is 1. The molecular formula is C14H20N2O3. The first-order chi connectivity index (χ1) is 8.90. The van der Waals surface area contributed by atoms with Crippen LogP contribution in [0.2, 0.25) is 0 Å². The number of carbonyl (C=O) groups excluding carboxylic acids is 1. The maximum Gasteiger partial charge on any atom is 0.337 e. The van der Waals surface area contributed by atoms with E-state index in [9.17, 15) is 9.59 Å². The first-order valence-electron chi connectivity index (χ1n) is 6.27. The van der Waals surface area contributed by atoms with Crippen LogP contribution in [0.25, 0.3) is 0 Å². The van der Waals surface area contributed by atoms with E-state index in [1.165, 1.54) is 0 Å². The van der Waals surface area contributed by atoms with E-state index in [4.69, 9.17) is 5.11 Å². The number of benzene rings is 1. The van der Waals surface area contributed by atoms with E-state index in [-0.39, 0.29) is 11.5 Å². The number of carbonyl (C=O) groups is 2. The molecule has 0 aromatic heterocycles. The number of hydrogen-bond acceptors (Lipinski definition) is 3. The molecule has 0 atom stereocenters. The SMILES string of the molecule is Cc1ccc(NC(=O)CCNC(C)C)c(C(=O)O)c1. The lowest BCUT2D eigenvalue weighted by atomic mass is 10.1. The van der Waals surface area contributed by atoms with Gasteiger partial charge in [-0.25, -0.2) is 4.79 Å². The Balaban J connectivity index is 2.66. The van der Waals surface area contributed by atoms with Gasteiger partial charge in [0.25, 0.3) is 0 Å². The molecule has 1 aromatic carbocycles. The molecule has 0 bridgehead atoms. The lowest BCUT2D eigenvalue weighted by molar-refractivity contribution is -0.116. The first-order valence-corrected chi connectivity index (χ1v) is 6.27. The minimum atomic E-state index is -1.04. The second-order valence-electron chi connectivity index (χ2n) is 4.76. The van der Waals surface area contributed by atoms with Gasteiger partial charge in [0, 0.05) is 19.0 Å². The number of carboxylic acids is 1. The molecule has 19 heavy (non-hydrogen) atoms. The molecule has 0 heterocycles. The molecule has 0 radical (unpaired) electrons. The van der Waals surface area contributed by atoms with Crippen LogP contribution in [0, 0.1) is 6.92 Å². The van der Waals surface area contributed by atoms with Gasteiger partial charge < -0.3 is 15.7 Å². The number of carboxylic acid groups (broad SMARTS) is 1. The number of rotatable bonds is 6. The van der Waals surface area contributed by atoms with Crippen molar-refractivity contribution in [2.24, 2.45) is 0 Å². The number of nitrogens with one attached hydrogen (secondary N) is 2. The Bertz CT molecular complexity index is 470. The van der Waals surface area contributed by atoms with E-state index in [1.807, 2.05) is 20.8 Å². The highest BCUT2D eigenvalue weighted by Gasteiger charge is 2.12. The van der Waals surface area contributed by atoms with Crippen molar-refractivity contribution in [3.63, 3.8) is 0 Å². The zero-order valence-corrected chi connectivity index (χ0v) is 11.5. The highest BCUT2D eigenvalue weighted by atomic mass is 16.4. The standard InChI is InChI=1S/C14H20N2O3/c1-9(2)15-7-6-13(17)16-12-5-4-10(3)8-11(12)14(18)19/h4-5,8-9,15H,6-7H2,1-3H3,(H,16,17)(H,18,19). The summed E-state index contributed by atoms with van der Waals surface area (Å²) in [7, 11) is 0. The quantitative estimate of drug-likeness (QED) is 0.734. The van der Waals surface area contributed by atoms with Gasteiger partial charge in [0.1, 0.15) is 0 Å². The normalized spacial score (nSPS) is 10.5. The first kappa shape index (κ1) is 15.2. The van der Waals surface area contributed by atoms with E-state index >= 15 is 0 Å². The van der Waals surface area contributed by atoms with Crippen LogP contribution in [0.5, 0.6) is 0 Å². The van der Waals surface area contributed by atoms with E-state index < -0.39 is 5.97 Å². The molecule has 1 aromatic rings. The van der Waals surface area contributed by atoms with Crippen molar-refractivity contribution in [3.8, 4) is 0 Å². The Labute approximate surface area is 113 Å². The van der Waals surface area contributed by atoms with Crippen LogP contribution in [0.3, 0.4) is 0 Å². The van der Waals surface area contributed by atoms with E-state index in [2.05, 4.69) is 10.6 Å². The molecular weight excluding hydrogens is 244 g/mol. The van der Waals surface area contributed by atoms with Crippen LogP contribution < -0.4 is 10.6 Å².